The van der Waals surface area contributed by atoms with E-state index in [-0.39, 0.29) is 18.2 Å². The zero-order valence-corrected chi connectivity index (χ0v) is 16.3. The van der Waals surface area contributed by atoms with Crippen LogP contribution in [0.15, 0.2) is 54.6 Å². The molecule has 7 heteroatoms. The Bertz CT molecular complexity index is 1060. The zero-order valence-electron chi connectivity index (χ0n) is 16.3. The van der Waals surface area contributed by atoms with Crippen molar-refractivity contribution in [1.82, 2.24) is 9.78 Å². The number of carbonyl (C=O) groups is 2. The van der Waals surface area contributed by atoms with Crippen LogP contribution in [0.25, 0.3) is 11.1 Å². The summed E-state index contributed by atoms with van der Waals surface area (Å²) in [5.41, 5.74) is 4.18. The summed E-state index contributed by atoms with van der Waals surface area (Å²) in [6.45, 7) is 2.23. The molecule has 0 saturated heterocycles. The lowest BCUT2D eigenvalue weighted by atomic mass is 10.1. The van der Waals surface area contributed by atoms with Crippen LogP contribution in [0.4, 0.5) is 11.5 Å². The standard InChI is InChI=1S/C22H22N4O3/c1-14-8-6-7-11-16(14)23-19(27)12-18-22(28)24-21-20(15-9-4-3-5-10-15)17(13-29-2)25-26(18)21/h3-11,18H,12-13H2,1-2H3,(H,23,27)(H,24,28). The van der Waals surface area contributed by atoms with Crippen molar-refractivity contribution in [2.24, 2.45) is 0 Å². The van der Waals surface area contributed by atoms with Crippen molar-refractivity contribution in [3.8, 4) is 11.1 Å². The van der Waals surface area contributed by atoms with Gasteiger partial charge in [-0.3, -0.25) is 9.59 Å². The van der Waals surface area contributed by atoms with Gasteiger partial charge in [-0.2, -0.15) is 5.10 Å². The van der Waals surface area contributed by atoms with Crippen LogP contribution in [-0.2, 0) is 20.9 Å². The smallest absolute Gasteiger partial charge is 0.251 e. The van der Waals surface area contributed by atoms with E-state index in [0.29, 0.717) is 12.4 Å². The lowest BCUT2D eigenvalue weighted by molar-refractivity contribution is -0.123. The van der Waals surface area contributed by atoms with Crippen molar-refractivity contribution in [1.29, 1.82) is 0 Å². The number of para-hydroxylation sites is 1. The van der Waals surface area contributed by atoms with Crippen molar-refractivity contribution in [2.75, 3.05) is 17.7 Å². The lowest BCUT2D eigenvalue weighted by Gasteiger charge is -2.11. The number of ether oxygens (including phenoxy) is 1. The number of nitrogens with zero attached hydrogens (tertiary/aromatic N) is 2. The fraction of sp³-hybridized carbons (Fsp3) is 0.227. The molecule has 3 aromatic rings. The van der Waals surface area contributed by atoms with Gasteiger partial charge in [0.05, 0.1) is 18.7 Å². The maximum atomic E-state index is 12.6. The average molecular weight is 390 g/mol. The van der Waals surface area contributed by atoms with Crippen molar-refractivity contribution >= 4 is 23.3 Å². The summed E-state index contributed by atoms with van der Waals surface area (Å²) in [4.78, 5) is 25.2. The van der Waals surface area contributed by atoms with E-state index >= 15 is 0 Å². The van der Waals surface area contributed by atoms with Gasteiger partial charge in [0.1, 0.15) is 11.9 Å². The van der Waals surface area contributed by atoms with Gasteiger partial charge in [-0.25, -0.2) is 4.68 Å². The Balaban J connectivity index is 1.63. The molecule has 2 amide bonds. The summed E-state index contributed by atoms with van der Waals surface area (Å²) in [5, 5.41) is 10.4. The first-order valence-corrected chi connectivity index (χ1v) is 9.40. The highest BCUT2D eigenvalue weighted by Gasteiger charge is 2.37. The van der Waals surface area contributed by atoms with Gasteiger partial charge in [-0.15, -0.1) is 0 Å². The lowest BCUT2D eigenvalue weighted by Crippen LogP contribution is -2.24. The molecule has 0 radical (unpaired) electrons. The first-order chi connectivity index (χ1) is 14.1. The van der Waals surface area contributed by atoms with Crippen molar-refractivity contribution in [3.05, 3.63) is 65.9 Å². The second kappa shape index (κ2) is 7.89. The Morgan fingerprint density at radius 3 is 2.62 bits per heavy atom. The number of carbonyl (C=O) groups excluding carboxylic acids is 2. The topological polar surface area (TPSA) is 85.2 Å². The minimum Gasteiger partial charge on any atom is -0.378 e. The molecule has 1 atom stereocenters. The Labute approximate surface area is 168 Å². The molecule has 7 nitrogen and oxygen atoms in total. The van der Waals surface area contributed by atoms with E-state index in [1.165, 1.54) is 0 Å². The second-order valence-electron chi connectivity index (χ2n) is 6.99. The van der Waals surface area contributed by atoms with Crippen LogP contribution in [0.1, 0.15) is 23.7 Å². The number of benzene rings is 2. The Morgan fingerprint density at radius 1 is 1.17 bits per heavy atom. The molecule has 1 aliphatic rings. The van der Waals surface area contributed by atoms with Crippen LogP contribution < -0.4 is 10.6 Å². The molecular formula is C22H22N4O3. The second-order valence-corrected chi connectivity index (χ2v) is 6.99. The summed E-state index contributed by atoms with van der Waals surface area (Å²) in [6.07, 6.45) is -0.00446. The molecule has 2 heterocycles. The number of rotatable bonds is 6. The van der Waals surface area contributed by atoms with Crippen LogP contribution in [0, 0.1) is 6.92 Å². The van der Waals surface area contributed by atoms with Crippen LogP contribution >= 0.6 is 0 Å². The van der Waals surface area contributed by atoms with Crippen LogP contribution in [0.5, 0.6) is 0 Å². The van der Waals surface area contributed by atoms with Crippen molar-refractivity contribution in [3.63, 3.8) is 0 Å². The molecule has 0 saturated carbocycles. The molecular weight excluding hydrogens is 368 g/mol. The summed E-state index contributed by atoms with van der Waals surface area (Å²) in [6, 6.07) is 16.5. The minimum atomic E-state index is -0.706. The molecule has 0 spiro atoms. The summed E-state index contributed by atoms with van der Waals surface area (Å²) in [5.74, 6) is 0.118. The normalized spacial score (nSPS) is 15.1. The third kappa shape index (κ3) is 3.64. The fourth-order valence-corrected chi connectivity index (χ4v) is 3.55. The van der Waals surface area contributed by atoms with Crippen molar-refractivity contribution in [2.45, 2.75) is 26.0 Å². The molecule has 1 unspecified atom stereocenters. The molecule has 4 rings (SSSR count). The van der Waals surface area contributed by atoms with Crippen LogP contribution in [0.2, 0.25) is 0 Å². The number of anilines is 2. The predicted octanol–water partition coefficient (Wildman–Crippen LogP) is 3.53. The Hall–Kier alpha value is -3.45. The van der Waals surface area contributed by atoms with E-state index in [0.717, 1.165) is 28.1 Å². The van der Waals surface area contributed by atoms with Gasteiger partial charge in [0.15, 0.2) is 0 Å². The molecule has 29 heavy (non-hydrogen) atoms. The number of aromatic nitrogens is 2. The summed E-state index contributed by atoms with van der Waals surface area (Å²) >= 11 is 0. The number of hydrogen-bond acceptors (Lipinski definition) is 4. The molecule has 2 N–H and O–H groups in total. The summed E-state index contributed by atoms with van der Waals surface area (Å²) < 4.78 is 6.90. The van der Waals surface area contributed by atoms with E-state index in [9.17, 15) is 9.59 Å². The van der Waals surface area contributed by atoms with E-state index in [1.54, 1.807) is 11.8 Å². The van der Waals surface area contributed by atoms with E-state index < -0.39 is 6.04 Å². The average Bonchev–Trinajstić information content (AvgIpc) is 3.20. The number of nitrogens with one attached hydrogen (secondary N) is 2. The highest BCUT2D eigenvalue weighted by molar-refractivity contribution is 6.04. The number of aryl methyl sites for hydroxylation is 1. The van der Waals surface area contributed by atoms with Gasteiger partial charge in [-0.05, 0) is 24.1 Å². The van der Waals surface area contributed by atoms with Gasteiger partial charge in [-0.1, -0.05) is 48.5 Å². The molecule has 2 aromatic carbocycles. The van der Waals surface area contributed by atoms with Gasteiger partial charge in [0.2, 0.25) is 5.91 Å². The zero-order chi connectivity index (χ0) is 20.4. The number of hydrogen-bond donors (Lipinski definition) is 2. The highest BCUT2D eigenvalue weighted by atomic mass is 16.5. The number of methoxy groups -OCH3 is 1. The van der Waals surface area contributed by atoms with E-state index in [1.807, 2.05) is 61.5 Å². The van der Waals surface area contributed by atoms with Crippen molar-refractivity contribution < 1.29 is 14.3 Å². The number of fused-ring (bicyclic) bond motifs is 1. The highest BCUT2D eigenvalue weighted by Crippen LogP contribution is 2.38. The molecule has 0 aliphatic carbocycles. The fourth-order valence-electron chi connectivity index (χ4n) is 3.55. The molecule has 0 bridgehead atoms. The maximum absolute atomic E-state index is 12.6. The van der Waals surface area contributed by atoms with Gasteiger partial charge in [0, 0.05) is 18.4 Å². The number of amides is 2. The van der Waals surface area contributed by atoms with Gasteiger partial charge in [0.25, 0.3) is 5.91 Å². The Morgan fingerprint density at radius 2 is 1.90 bits per heavy atom. The predicted molar refractivity (Wildman–Crippen MR) is 110 cm³/mol. The SMILES string of the molecule is COCc1nn2c(c1-c1ccccc1)NC(=O)C2CC(=O)Nc1ccccc1C. The quantitative estimate of drug-likeness (QED) is 0.674. The van der Waals surface area contributed by atoms with Crippen LogP contribution in [0.3, 0.4) is 0 Å². The van der Waals surface area contributed by atoms with Gasteiger partial charge >= 0.3 is 0 Å². The van der Waals surface area contributed by atoms with E-state index in [2.05, 4.69) is 15.7 Å². The van der Waals surface area contributed by atoms with Gasteiger partial charge < -0.3 is 15.4 Å². The largest absolute Gasteiger partial charge is 0.378 e. The molecule has 0 fully saturated rings. The molecule has 148 valence electrons. The Kier molecular flexibility index (Phi) is 5.14. The third-order valence-corrected chi connectivity index (χ3v) is 4.96. The molecule has 1 aromatic heterocycles. The first-order valence-electron chi connectivity index (χ1n) is 9.40. The molecule has 1 aliphatic heterocycles. The summed E-state index contributed by atoms with van der Waals surface area (Å²) in [7, 11) is 1.60. The third-order valence-electron chi connectivity index (χ3n) is 4.96. The first kappa shape index (κ1) is 18.9. The minimum absolute atomic E-state index is 0.00446. The van der Waals surface area contributed by atoms with Crippen LogP contribution in [-0.4, -0.2) is 28.7 Å². The maximum Gasteiger partial charge on any atom is 0.251 e. The van der Waals surface area contributed by atoms with E-state index in [4.69, 9.17) is 4.74 Å². The monoisotopic (exact) mass is 390 g/mol.